The van der Waals surface area contributed by atoms with Crippen molar-refractivity contribution < 1.29 is 13.2 Å². The summed E-state index contributed by atoms with van der Waals surface area (Å²) in [6, 6.07) is 23.4. The maximum atomic E-state index is 14.8. The summed E-state index contributed by atoms with van der Waals surface area (Å²) < 4.78 is 44.2. The topological polar surface area (TPSA) is 0 Å². The summed E-state index contributed by atoms with van der Waals surface area (Å²) in [5.41, 5.74) is 5.36. The fourth-order valence-corrected chi connectivity index (χ4v) is 4.12. The Labute approximate surface area is 205 Å². The molecule has 35 heavy (non-hydrogen) atoms. The first kappa shape index (κ1) is 24.5. The van der Waals surface area contributed by atoms with E-state index in [4.69, 9.17) is 0 Å². The molecule has 0 N–H and O–H groups in total. The molecule has 0 saturated carbocycles. The zero-order valence-electron chi connectivity index (χ0n) is 20.1. The van der Waals surface area contributed by atoms with Gasteiger partial charge in [-0.05, 0) is 53.1 Å². The molecule has 4 aromatic carbocycles. The van der Waals surface area contributed by atoms with E-state index in [1.807, 2.05) is 67.6 Å². The molecule has 0 atom stereocenters. The van der Waals surface area contributed by atoms with E-state index in [0.717, 1.165) is 47.9 Å². The molecule has 0 nitrogen and oxygen atoms in total. The molecule has 0 unspecified atom stereocenters. The van der Waals surface area contributed by atoms with Crippen molar-refractivity contribution in [1.29, 1.82) is 0 Å². The molecule has 0 aromatic heterocycles. The highest BCUT2D eigenvalue weighted by atomic mass is 19.2. The Balaban J connectivity index is 1.51. The second kappa shape index (κ2) is 11.2. The van der Waals surface area contributed by atoms with Gasteiger partial charge in [0.2, 0.25) is 0 Å². The standard InChI is InChI=1S/C32H29F3/c1-3-5-6-24-12-19-28(30(33)21-24)25-15-9-23(10-16-25)11-17-27-18-20-29(32(35)31(27)34)26-13-7-22(4-2)8-14-26/h7-21H,3-6H2,1-2H3. The van der Waals surface area contributed by atoms with E-state index in [2.05, 4.69) is 6.92 Å². The van der Waals surface area contributed by atoms with Crippen LogP contribution in [-0.2, 0) is 12.8 Å². The molecular formula is C32H29F3. The Kier molecular flexibility index (Phi) is 7.87. The van der Waals surface area contributed by atoms with Crippen LogP contribution in [0.25, 0.3) is 34.4 Å². The van der Waals surface area contributed by atoms with Crippen LogP contribution >= 0.6 is 0 Å². The van der Waals surface area contributed by atoms with Crippen LogP contribution in [0.3, 0.4) is 0 Å². The van der Waals surface area contributed by atoms with Gasteiger partial charge in [0.1, 0.15) is 5.82 Å². The van der Waals surface area contributed by atoms with E-state index in [1.165, 1.54) is 0 Å². The molecule has 0 bridgehead atoms. The summed E-state index contributed by atoms with van der Waals surface area (Å²) in [6.07, 6.45) is 7.16. The Morgan fingerprint density at radius 2 is 1.26 bits per heavy atom. The zero-order valence-corrected chi connectivity index (χ0v) is 20.1. The highest BCUT2D eigenvalue weighted by molar-refractivity contribution is 5.74. The van der Waals surface area contributed by atoms with Crippen molar-refractivity contribution in [1.82, 2.24) is 0 Å². The lowest BCUT2D eigenvalue weighted by atomic mass is 9.99. The number of hydrogen-bond donors (Lipinski definition) is 0. The lowest BCUT2D eigenvalue weighted by Gasteiger charge is -2.08. The summed E-state index contributed by atoms with van der Waals surface area (Å²) in [5, 5.41) is 0. The molecule has 0 amide bonds. The SMILES string of the molecule is CCCCc1ccc(-c2ccc(C=Cc3ccc(-c4ccc(CC)cc4)c(F)c3F)cc2)c(F)c1. The molecule has 0 aliphatic heterocycles. The Morgan fingerprint density at radius 1 is 0.629 bits per heavy atom. The quantitative estimate of drug-likeness (QED) is 0.225. The maximum absolute atomic E-state index is 14.8. The van der Waals surface area contributed by atoms with Crippen LogP contribution in [0, 0.1) is 17.5 Å². The molecule has 0 aliphatic rings. The predicted molar refractivity (Wildman–Crippen MR) is 141 cm³/mol. The van der Waals surface area contributed by atoms with Crippen LogP contribution in [0.1, 0.15) is 48.9 Å². The molecule has 4 aromatic rings. The Morgan fingerprint density at radius 3 is 1.91 bits per heavy atom. The average molecular weight is 471 g/mol. The van der Waals surface area contributed by atoms with E-state index < -0.39 is 11.6 Å². The third-order valence-corrected chi connectivity index (χ3v) is 6.31. The van der Waals surface area contributed by atoms with Crippen LogP contribution in [0.4, 0.5) is 13.2 Å². The minimum Gasteiger partial charge on any atom is -0.206 e. The largest absolute Gasteiger partial charge is 0.206 e. The molecule has 4 rings (SSSR count). The van der Waals surface area contributed by atoms with Gasteiger partial charge in [0, 0.05) is 16.7 Å². The van der Waals surface area contributed by atoms with E-state index in [0.29, 0.717) is 11.1 Å². The molecule has 178 valence electrons. The van der Waals surface area contributed by atoms with Gasteiger partial charge in [-0.15, -0.1) is 0 Å². The lowest BCUT2D eigenvalue weighted by molar-refractivity contribution is 0.509. The van der Waals surface area contributed by atoms with Gasteiger partial charge in [-0.2, -0.15) is 0 Å². The summed E-state index contributed by atoms with van der Waals surface area (Å²) in [5.74, 6) is -1.96. The number of halogens is 3. The van der Waals surface area contributed by atoms with E-state index in [1.54, 1.807) is 30.4 Å². The monoisotopic (exact) mass is 470 g/mol. The van der Waals surface area contributed by atoms with Gasteiger partial charge in [0.25, 0.3) is 0 Å². The minimum absolute atomic E-state index is 0.175. The van der Waals surface area contributed by atoms with E-state index in [-0.39, 0.29) is 16.9 Å². The second-order valence-corrected chi connectivity index (χ2v) is 8.75. The Bertz CT molecular complexity index is 1320. The van der Waals surface area contributed by atoms with Gasteiger partial charge >= 0.3 is 0 Å². The maximum Gasteiger partial charge on any atom is 0.167 e. The first-order valence-electron chi connectivity index (χ1n) is 12.1. The van der Waals surface area contributed by atoms with E-state index in [9.17, 15) is 13.2 Å². The van der Waals surface area contributed by atoms with Crippen LogP contribution in [-0.4, -0.2) is 0 Å². The van der Waals surface area contributed by atoms with Crippen LogP contribution < -0.4 is 0 Å². The smallest absolute Gasteiger partial charge is 0.167 e. The fraction of sp³-hybridized carbons (Fsp3) is 0.188. The number of hydrogen-bond acceptors (Lipinski definition) is 0. The number of rotatable bonds is 8. The van der Waals surface area contributed by atoms with Crippen molar-refractivity contribution in [2.45, 2.75) is 39.5 Å². The van der Waals surface area contributed by atoms with Crippen molar-refractivity contribution in [2.75, 3.05) is 0 Å². The van der Waals surface area contributed by atoms with Crippen molar-refractivity contribution in [3.63, 3.8) is 0 Å². The average Bonchev–Trinajstić information content (AvgIpc) is 2.89. The minimum atomic E-state index is -0.875. The summed E-state index contributed by atoms with van der Waals surface area (Å²) in [7, 11) is 0. The summed E-state index contributed by atoms with van der Waals surface area (Å²) in [4.78, 5) is 0. The lowest BCUT2D eigenvalue weighted by Crippen LogP contribution is -1.93. The first-order valence-corrected chi connectivity index (χ1v) is 12.1. The second-order valence-electron chi connectivity index (χ2n) is 8.75. The van der Waals surface area contributed by atoms with E-state index >= 15 is 0 Å². The third-order valence-electron chi connectivity index (χ3n) is 6.31. The molecule has 0 aliphatic carbocycles. The van der Waals surface area contributed by atoms with Crippen molar-refractivity contribution >= 4 is 12.2 Å². The molecule has 0 heterocycles. The van der Waals surface area contributed by atoms with Gasteiger partial charge < -0.3 is 0 Å². The van der Waals surface area contributed by atoms with Crippen LogP contribution in [0.5, 0.6) is 0 Å². The fourth-order valence-electron chi connectivity index (χ4n) is 4.12. The summed E-state index contributed by atoms with van der Waals surface area (Å²) in [6.45, 7) is 4.17. The molecule has 3 heteroatoms. The predicted octanol–water partition coefficient (Wildman–Crippen LogP) is 9.51. The van der Waals surface area contributed by atoms with Gasteiger partial charge in [0.05, 0.1) is 0 Å². The van der Waals surface area contributed by atoms with Crippen molar-refractivity contribution in [2.24, 2.45) is 0 Å². The third kappa shape index (κ3) is 5.74. The molecule has 0 fully saturated rings. The highest BCUT2D eigenvalue weighted by Crippen LogP contribution is 2.28. The number of unbranched alkanes of at least 4 members (excludes halogenated alkanes) is 1. The normalized spacial score (nSPS) is 11.3. The molecular weight excluding hydrogens is 441 g/mol. The zero-order chi connectivity index (χ0) is 24.8. The Hall–Kier alpha value is -3.59. The van der Waals surface area contributed by atoms with Crippen molar-refractivity contribution in [3.8, 4) is 22.3 Å². The van der Waals surface area contributed by atoms with Crippen LogP contribution in [0.15, 0.2) is 78.9 Å². The molecule has 0 spiro atoms. The number of aryl methyl sites for hydroxylation is 2. The number of benzene rings is 4. The first-order chi connectivity index (χ1) is 17.0. The van der Waals surface area contributed by atoms with Gasteiger partial charge in [0.15, 0.2) is 11.6 Å². The van der Waals surface area contributed by atoms with Crippen molar-refractivity contribution in [3.05, 3.63) is 119 Å². The molecule has 0 radical (unpaired) electrons. The summed E-state index contributed by atoms with van der Waals surface area (Å²) >= 11 is 0. The highest BCUT2D eigenvalue weighted by Gasteiger charge is 2.13. The molecule has 0 saturated heterocycles. The van der Waals surface area contributed by atoms with Gasteiger partial charge in [-0.1, -0.05) is 105 Å². The van der Waals surface area contributed by atoms with Gasteiger partial charge in [-0.25, -0.2) is 13.2 Å². The van der Waals surface area contributed by atoms with Crippen LogP contribution in [0.2, 0.25) is 0 Å². The van der Waals surface area contributed by atoms with Gasteiger partial charge in [-0.3, -0.25) is 0 Å².